The third kappa shape index (κ3) is 3.49. The van der Waals surface area contributed by atoms with Crippen molar-refractivity contribution in [2.45, 2.75) is 13.0 Å². The van der Waals surface area contributed by atoms with Gasteiger partial charge in [-0.25, -0.2) is 4.79 Å². The van der Waals surface area contributed by atoms with Crippen molar-refractivity contribution in [2.75, 3.05) is 23.8 Å². The normalized spacial score (nSPS) is 12.5. The first-order valence-electron chi connectivity index (χ1n) is 9.17. The van der Waals surface area contributed by atoms with Crippen LogP contribution in [0.4, 0.5) is 16.2 Å². The van der Waals surface area contributed by atoms with Gasteiger partial charge in [0.05, 0.1) is 12.8 Å². The lowest BCUT2D eigenvalue weighted by molar-refractivity contribution is 0.0774. The van der Waals surface area contributed by atoms with E-state index in [0.717, 1.165) is 22.7 Å². The molecule has 0 bridgehead atoms. The Hall–Kier alpha value is -3.54. The van der Waals surface area contributed by atoms with Crippen molar-refractivity contribution in [1.29, 1.82) is 0 Å². The Balaban J connectivity index is 1.53. The Morgan fingerprint density at radius 3 is 2.64 bits per heavy atom. The summed E-state index contributed by atoms with van der Waals surface area (Å²) in [6.07, 6.45) is 2.24. The molecule has 0 saturated heterocycles. The zero-order valence-electron chi connectivity index (χ0n) is 15.6. The highest BCUT2D eigenvalue weighted by atomic mass is 16.3. The van der Waals surface area contributed by atoms with Crippen molar-refractivity contribution in [3.63, 3.8) is 0 Å². The number of carbonyl (C=O) groups excluding carboxylic acids is 2. The molecule has 3 aromatic rings. The molecule has 0 radical (unpaired) electrons. The summed E-state index contributed by atoms with van der Waals surface area (Å²) in [4.78, 5) is 29.0. The van der Waals surface area contributed by atoms with Crippen LogP contribution in [-0.2, 0) is 13.0 Å². The van der Waals surface area contributed by atoms with Crippen molar-refractivity contribution in [2.24, 2.45) is 0 Å². The van der Waals surface area contributed by atoms with Gasteiger partial charge >= 0.3 is 6.03 Å². The highest BCUT2D eigenvalue weighted by Crippen LogP contribution is 2.32. The minimum absolute atomic E-state index is 0.0847. The van der Waals surface area contributed by atoms with Crippen LogP contribution in [0.25, 0.3) is 0 Å². The number of rotatable bonds is 4. The molecule has 28 heavy (non-hydrogen) atoms. The smallest absolute Gasteiger partial charge is 0.326 e. The third-order valence-electron chi connectivity index (χ3n) is 4.85. The molecule has 1 aliphatic rings. The molecule has 142 valence electrons. The van der Waals surface area contributed by atoms with Gasteiger partial charge < -0.3 is 14.6 Å². The quantitative estimate of drug-likeness (QED) is 0.745. The highest BCUT2D eigenvalue weighted by molar-refractivity contribution is 6.05. The number of urea groups is 1. The number of benzene rings is 2. The lowest BCUT2D eigenvalue weighted by atomic mass is 10.0. The van der Waals surface area contributed by atoms with Gasteiger partial charge in [0.2, 0.25) is 0 Å². The second-order valence-corrected chi connectivity index (χ2v) is 6.74. The summed E-state index contributed by atoms with van der Waals surface area (Å²) >= 11 is 0. The fourth-order valence-corrected chi connectivity index (χ4v) is 3.47. The topological polar surface area (TPSA) is 65.8 Å². The molecule has 0 fully saturated rings. The van der Waals surface area contributed by atoms with E-state index in [1.54, 1.807) is 29.2 Å². The third-order valence-corrected chi connectivity index (χ3v) is 4.85. The number of hydrogen-bond donors (Lipinski definition) is 1. The maximum Gasteiger partial charge on any atom is 0.326 e. The summed E-state index contributed by atoms with van der Waals surface area (Å²) in [6, 6.07) is 18.3. The molecule has 0 spiro atoms. The Morgan fingerprint density at radius 2 is 1.89 bits per heavy atom. The van der Waals surface area contributed by atoms with E-state index in [1.165, 1.54) is 0 Å². The molecule has 2 heterocycles. The monoisotopic (exact) mass is 375 g/mol. The molecule has 1 aliphatic heterocycles. The van der Waals surface area contributed by atoms with Crippen molar-refractivity contribution < 1.29 is 14.0 Å². The number of amides is 3. The summed E-state index contributed by atoms with van der Waals surface area (Å²) in [5.74, 6) is 0.644. The Kier molecular flexibility index (Phi) is 4.85. The van der Waals surface area contributed by atoms with E-state index in [1.807, 2.05) is 54.6 Å². The van der Waals surface area contributed by atoms with Crippen LogP contribution in [-0.4, -0.2) is 30.4 Å². The van der Waals surface area contributed by atoms with E-state index < -0.39 is 0 Å². The van der Waals surface area contributed by atoms with Gasteiger partial charge in [0.15, 0.2) is 0 Å². The van der Waals surface area contributed by atoms with Crippen LogP contribution >= 0.6 is 0 Å². The maximum absolute atomic E-state index is 13.0. The maximum atomic E-state index is 13.0. The van der Waals surface area contributed by atoms with E-state index in [2.05, 4.69) is 5.32 Å². The van der Waals surface area contributed by atoms with Crippen molar-refractivity contribution in [3.8, 4) is 0 Å². The number of carbonyl (C=O) groups is 2. The fourth-order valence-electron chi connectivity index (χ4n) is 3.47. The summed E-state index contributed by atoms with van der Waals surface area (Å²) in [6.45, 7) is 0.938. The highest BCUT2D eigenvalue weighted by Gasteiger charge is 2.29. The van der Waals surface area contributed by atoms with Gasteiger partial charge in [0.25, 0.3) is 5.91 Å². The molecule has 0 unspecified atom stereocenters. The summed E-state index contributed by atoms with van der Waals surface area (Å²) in [5.41, 5.74) is 3.06. The lowest BCUT2D eigenvalue weighted by Crippen LogP contribution is -2.33. The average molecular weight is 375 g/mol. The molecular weight excluding hydrogens is 354 g/mol. The Labute approximate surface area is 163 Å². The molecule has 0 saturated carbocycles. The minimum Gasteiger partial charge on any atom is -0.467 e. The number of nitrogens with zero attached hydrogens (tertiary/aromatic N) is 2. The molecule has 4 rings (SSSR count). The SMILES string of the molecule is CN(Cc1ccco1)C(=O)c1cccc2c1CCN2C(=O)Nc1ccccc1. The van der Waals surface area contributed by atoms with Gasteiger partial charge in [0.1, 0.15) is 5.76 Å². The molecule has 0 aliphatic carbocycles. The number of hydrogen-bond acceptors (Lipinski definition) is 3. The Morgan fingerprint density at radius 1 is 1.07 bits per heavy atom. The van der Waals surface area contributed by atoms with Crippen LogP contribution < -0.4 is 10.2 Å². The summed E-state index contributed by atoms with van der Waals surface area (Å²) in [5, 5.41) is 2.91. The second-order valence-electron chi connectivity index (χ2n) is 6.74. The van der Waals surface area contributed by atoms with Crippen molar-refractivity contribution in [1.82, 2.24) is 4.90 Å². The predicted molar refractivity (Wildman–Crippen MR) is 107 cm³/mol. The second kappa shape index (κ2) is 7.60. The van der Waals surface area contributed by atoms with Crippen molar-refractivity contribution >= 4 is 23.3 Å². The van der Waals surface area contributed by atoms with Gasteiger partial charge in [-0.05, 0) is 48.4 Å². The predicted octanol–water partition coefficient (Wildman–Crippen LogP) is 4.15. The molecule has 1 aromatic heterocycles. The van der Waals surface area contributed by atoms with Gasteiger partial charge in [-0.3, -0.25) is 9.69 Å². The standard InChI is InChI=1S/C22H21N3O3/c1-24(15-17-9-6-14-28-17)21(26)19-10-5-11-20-18(19)12-13-25(20)22(27)23-16-7-3-2-4-8-16/h2-11,14H,12-13,15H2,1H3,(H,23,27). The fraction of sp³-hybridized carbons (Fsp3) is 0.182. The molecule has 2 aromatic carbocycles. The van der Waals surface area contributed by atoms with E-state index in [9.17, 15) is 9.59 Å². The molecule has 6 heteroatoms. The van der Waals surface area contributed by atoms with Gasteiger partial charge in [-0.1, -0.05) is 24.3 Å². The number of fused-ring (bicyclic) bond motifs is 1. The van der Waals surface area contributed by atoms with Crippen LogP contribution in [0.2, 0.25) is 0 Å². The van der Waals surface area contributed by atoms with E-state index in [-0.39, 0.29) is 11.9 Å². The van der Waals surface area contributed by atoms with Crippen LogP contribution in [0.15, 0.2) is 71.3 Å². The van der Waals surface area contributed by atoms with E-state index in [0.29, 0.717) is 25.1 Å². The minimum atomic E-state index is -0.196. The number of para-hydroxylation sites is 1. The van der Waals surface area contributed by atoms with Crippen LogP contribution in [0, 0.1) is 0 Å². The van der Waals surface area contributed by atoms with Gasteiger partial charge in [0, 0.05) is 30.5 Å². The van der Waals surface area contributed by atoms with Gasteiger partial charge in [-0.15, -0.1) is 0 Å². The van der Waals surface area contributed by atoms with Crippen molar-refractivity contribution in [3.05, 3.63) is 83.8 Å². The van der Waals surface area contributed by atoms with E-state index >= 15 is 0 Å². The zero-order valence-corrected chi connectivity index (χ0v) is 15.6. The molecule has 6 nitrogen and oxygen atoms in total. The molecular formula is C22H21N3O3. The van der Waals surface area contributed by atoms with Crippen LogP contribution in [0.5, 0.6) is 0 Å². The number of nitrogens with one attached hydrogen (secondary N) is 1. The lowest BCUT2D eigenvalue weighted by Gasteiger charge is -2.20. The molecule has 0 atom stereocenters. The Bertz CT molecular complexity index is 984. The largest absolute Gasteiger partial charge is 0.467 e. The summed E-state index contributed by atoms with van der Waals surface area (Å²) in [7, 11) is 1.75. The van der Waals surface area contributed by atoms with Gasteiger partial charge in [-0.2, -0.15) is 0 Å². The van der Waals surface area contributed by atoms with Crippen LogP contribution in [0.1, 0.15) is 21.7 Å². The zero-order chi connectivity index (χ0) is 19.5. The molecule has 1 N–H and O–H groups in total. The summed E-state index contributed by atoms with van der Waals surface area (Å²) < 4.78 is 5.33. The number of anilines is 2. The first kappa shape index (κ1) is 17.9. The first-order chi connectivity index (χ1) is 13.6. The average Bonchev–Trinajstić information content (AvgIpc) is 3.37. The van der Waals surface area contributed by atoms with E-state index in [4.69, 9.17) is 4.42 Å². The molecule has 3 amide bonds. The first-order valence-corrected chi connectivity index (χ1v) is 9.17. The number of furan rings is 1. The van der Waals surface area contributed by atoms with Crippen LogP contribution in [0.3, 0.4) is 0 Å².